The Morgan fingerprint density at radius 2 is 1.73 bits per heavy atom. The molecule has 15 heavy (non-hydrogen) atoms. The molecule has 1 aromatic carbocycles. The third-order valence-electron chi connectivity index (χ3n) is 1.50. The summed E-state index contributed by atoms with van der Waals surface area (Å²) in [4.78, 5) is 0. The van der Waals surface area contributed by atoms with Gasteiger partial charge in [0.15, 0.2) is 0 Å². The normalized spacial score (nSPS) is 11.5. The molecule has 1 aromatic rings. The molecule has 0 N–H and O–H groups in total. The highest BCUT2D eigenvalue weighted by Gasteiger charge is 2.30. The van der Waals surface area contributed by atoms with Gasteiger partial charge in [-0.3, -0.25) is 0 Å². The lowest BCUT2D eigenvalue weighted by Gasteiger charge is -2.09. The van der Waals surface area contributed by atoms with E-state index in [4.69, 9.17) is 16.3 Å². The minimum absolute atomic E-state index is 0.0425. The van der Waals surface area contributed by atoms with Gasteiger partial charge >= 0.3 is 6.36 Å². The number of ether oxygens (including phenoxy) is 2. The number of benzene rings is 1. The van der Waals surface area contributed by atoms with Crippen LogP contribution in [0.15, 0.2) is 24.3 Å². The predicted octanol–water partition coefficient (Wildman–Crippen LogP) is 3.30. The lowest BCUT2D eigenvalue weighted by atomic mass is 10.2. The summed E-state index contributed by atoms with van der Waals surface area (Å²) in [6.07, 6.45) is -4.66. The van der Waals surface area contributed by atoms with Crippen molar-refractivity contribution in [3.05, 3.63) is 29.8 Å². The standard InChI is InChI=1S/C9H8ClF3O2/c10-6-14-5-7-1-3-8(4-2-7)15-9(11,12)13/h1-4H,5-6H2. The minimum atomic E-state index is -4.66. The molecule has 0 saturated carbocycles. The molecule has 0 bridgehead atoms. The Morgan fingerprint density at radius 1 is 1.13 bits per heavy atom. The molecule has 0 aromatic heterocycles. The van der Waals surface area contributed by atoms with Crippen LogP contribution in [0.3, 0.4) is 0 Å². The van der Waals surface area contributed by atoms with E-state index in [9.17, 15) is 13.2 Å². The molecule has 0 atom stereocenters. The molecule has 1 rings (SSSR count). The van der Waals surface area contributed by atoms with Gasteiger partial charge in [0.05, 0.1) is 6.61 Å². The van der Waals surface area contributed by atoms with Crippen LogP contribution in [-0.2, 0) is 11.3 Å². The van der Waals surface area contributed by atoms with Crippen LogP contribution < -0.4 is 4.74 Å². The number of alkyl halides is 4. The van der Waals surface area contributed by atoms with E-state index in [1.807, 2.05) is 0 Å². The summed E-state index contributed by atoms with van der Waals surface area (Å²) in [5, 5.41) is 0. The zero-order chi connectivity index (χ0) is 11.3. The van der Waals surface area contributed by atoms with E-state index < -0.39 is 6.36 Å². The van der Waals surface area contributed by atoms with Gasteiger partial charge < -0.3 is 9.47 Å². The minimum Gasteiger partial charge on any atom is -0.406 e. The second kappa shape index (κ2) is 5.23. The SMILES string of the molecule is FC(F)(F)Oc1ccc(COCCl)cc1. The molecule has 0 spiro atoms. The van der Waals surface area contributed by atoms with Gasteiger partial charge in [-0.15, -0.1) is 13.2 Å². The predicted molar refractivity (Wildman–Crippen MR) is 48.6 cm³/mol. The first-order valence-corrected chi connectivity index (χ1v) is 4.53. The Kier molecular flexibility index (Phi) is 4.23. The molecule has 0 aliphatic carbocycles. The van der Waals surface area contributed by atoms with Gasteiger partial charge in [0.2, 0.25) is 0 Å². The summed E-state index contributed by atoms with van der Waals surface area (Å²) < 4.78 is 43.9. The van der Waals surface area contributed by atoms with Crippen LogP contribution in [0.2, 0.25) is 0 Å². The Morgan fingerprint density at radius 3 is 2.20 bits per heavy atom. The first-order chi connectivity index (χ1) is 7.01. The molecule has 0 aliphatic rings. The highest BCUT2D eigenvalue weighted by molar-refractivity contribution is 6.17. The van der Waals surface area contributed by atoms with E-state index in [2.05, 4.69) is 4.74 Å². The maximum Gasteiger partial charge on any atom is 0.573 e. The fourth-order valence-corrected chi connectivity index (χ4v) is 1.02. The van der Waals surface area contributed by atoms with E-state index in [-0.39, 0.29) is 18.4 Å². The maximum atomic E-state index is 11.8. The molecule has 0 aliphatic heterocycles. The van der Waals surface area contributed by atoms with Crippen molar-refractivity contribution in [1.29, 1.82) is 0 Å². The summed E-state index contributed by atoms with van der Waals surface area (Å²) >= 11 is 5.27. The Labute approximate surface area is 89.6 Å². The molecule has 84 valence electrons. The van der Waals surface area contributed by atoms with E-state index in [0.29, 0.717) is 0 Å². The van der Waals surface area contributed by atoms with E-state index in [0.717, 1.165) is 5.56 Å². The molecule has 0 amide bonds. The lowest BCUT2D eigenvalue weighted by Crippen LogP contribution is -2.17. The van der Waals surface area contributed by atoms with Crippen LogP contribution >= 0.6 is 11.6 Å². The van der Waals surface area contributed by atoms with Gasteiger partial charge in [0.1, 0.15) is 11.8 Å². The van der Waals surface area contributed by atoms with Crippen molar-refractivity contribution in [1.82, 2.24) is 0 Å². The van der Waals surface area contributed by atoms with Gasteiger partial charge in [-0.2, -0.15) is 0 Å². The van der Waals surface area contributed by atoms with Gasteiger partial charge in [0, 0.05) is 0 Å². The number of rotatable bonds is 4. The van der Waals surface area contributed by atoms with Crippen molar-refractivity contribution >= 4 is 11.6 Å². The van der Waals surface area contributed by atoms with Crippen LogP contribution in [0.4, 0.5) is 13.2 Å². The third-order valence-corrected chi connectivity index (χ3v) is 1.66. The number of hydrogen-bond donors (Lipinski definition) is 0. The first kappa shape index (κ1) is 12.1. The fourth-order valence-electron chi connectivity index (χ4n) is 0.944. The van der Waals surface area contributed by atoms with Crippen molar-refractivity contribution < 1.29 is 22.6 Å². The largest absolute Gasteiger partial charge is 0.573 e. The van der Waals surface area contributed by atoms with Crippen LogP contribution in [0.5, 0.6) is 5.75 Å². The van der Waals surface area contributed by atoms with Crippen molar-refractivity contribution in [3.63, 3.8) is 0 Å². The van der Waals surface area contributed by atoms with Crippen molar-refractivity contribution in [2.75, 3.05) is 6.07 Å². The Balaban J connectivity index is 2.56. The Bertz CT molecular complexity index is 297. The zero-order valence-corrected chi connectivity index (χ0v) is 8.31. The first-order valence-electron chi connectivity index (χ1n) is 3.99. The molecular formula is C9H8ClF3O2. The quantitative estimate of drug-likeness (QED) is 0.752. The average molecular weight is 241 g/mol. The van der Waals surface area contributed by atoms with Gasteiger partial charge in [-0.1, -0.05) is 23.7 Å². The van der Waals surface area contributed by atoms with Crippen LogP contribution in [-0.4, -0.2) is 12.4 Å². The average Bonchev–Trinajstić information content (AvgIpc) is 2.14. The zero-order valence-electron chi connectivity index (χ0n) is 7.55. The molecule has 0 saturated heterocycles. The molecule has 0 fully saturated rings. The molecular weight excluding hydrogens is 233 g/mol. The summed E-state index contributed by atoms with van der Waals surface area (Å²) in [5.74, 6) is -0.253. The number of halogens is 4. The summed E-state index contributed by atoms with van der Waals surface area (Å²) in [6, 6.07) is 5.45. The Hall–Kier alpha value is -0.940. The summed E-state index contributed by atoms with van der Waals surface area (Å²) in [5.41, 5.74) is 0.727. The highest BCUT2D eigenvalue weighted by Crippen LogP contribution is 2.22. The monoisotopic (exact) mass is 240 g/mol. The molecule has 6 heteroatoms. The van der Waals surface area contributed by atoms with Crippen molar-refractivity contribution in [2.24, 2.45) is 0 Å². The topological polar surface area (TPSA) is 18.5 Å². The molecule has 2 nitrogen and oxygen atoms in total. The van der Waals surface area contributed by atoms with Crippen molar-refractivity contribution in [2.45, 2.75) is 13.0 Å². The second-order valence-electron chi connectivity index (χ2n) is 2.65. The second-order valence-corrected chi connectivity index (χ2v) is 2.87. The lowest BCUT2D eigenvalue weighted by molar-refractivity contribution is -0.274. The van der Waals surface area contributed by atoms with Crippen molar-refractivity contribution in [3.8, 4) is 5.75 Å². The highest BCUT2D eigenvalue weighted by atomic mass is 35.5. The number of hydrogen-bond acceptors (Lipinski definition) is 2. The van der Waals surface area contributed by atoms with Crippen LogP contribution in [0.1, 0.15) is 5.56 Å². The molecule has 0 radical (unpaired) electrons. The van der Waals surface area contributed by atoms with Gasteiger partial charge in [-0.05, 0) is 17.7 Å². The maximum absolute atomic E-state index is 11.8. The summed E-state index contributed by atoms with van der Waals surface area (Å²) in [7, 11) is 0. The molecule has 0 heterocycles. The van der Waals surface area contributed by atoms with E-state index in [1.54, 1.807) is 0 Å². The molecule has 0 unspecified atom stereocenters. The van der Waals surface area contributed by atoms with Gasteiger partial charge in [-0.25, -0.2) is 0 Å². The van der Waals surface area contributed by atoms with E-state index >= 15 is 0 Å². The van der Waals surface area contributed by atoms with Crippen LogP contribution in [0.25, 0.3) is 0 Å². The van der Waals surface area contributed by atoms with Gasteiger partial charge in [0.25, 0.3) is 0 Å². The smallest absolute Gasteiger partial charge is 0.406 e. The third kappa shape index (κ3) is 4.90. The van der Waals surface area contributed by atoms with E-state index in [1.165, 1.54) is 24.3 Å². The fraction of sp³-hybridized carbons (Fsp3) is 0.333. The summed E-state index contributed by atoms with van der Waals surface area (Å²) in [6.45, 7) is 0.260. The van der Waals surface area contributed by atoms with Crippen LogP contribution in [0, 0.1) is 0 Å².